The summed E-state index contributed by atoms with van der Waals surface area (Å²) in [5, 5.41) is 6.18. The maximum atomic E-state index is 15.3. The Morgan fingerprint density at radius 1 is 0.877 bits per heavy atom. The van der Waals surface area contributed by atoms with E-state index < -0.39 is 57.9 Å². The van der Waals surface area contributed by atoms with E-state index in [0.717, 1.165) is 64.2 Å². The van der Waals surface area contributed by atoms with E-state index in [4.69, 9.17) is 0 Å². The molecule has 11 nitrogen and oxygen atoms in total. The third-order valence-corrected chi connectivity index (χ3v) is 14.7. The van der Waals surface area contributed by atoms with Crippen molar-refractivity contribution in [3.05, 3.63) is 12.7 Å². The minimum atomic E-state index is -0.928. The van der Waals surface area contributed by atoms with Gasteiger partial charge in [0, 0.05) is 44.7 Å². The highest BCUT2D eigenvalue weighted by atomic mass is 16.2. The number of allylic oxidation sites excluding steroid dienone is 1. The van der Waals surface area contributed by atoms with Crippen LogP contribution >= 0.6 is 0 Å². The predicted octanol–water partition coefficient (Wildman–Crippen LogP) is 7.35. The highest BCUT2D eigenvalue weighted by Crippen LogP contribution is 2.54. The molecule has 0 aromatic carbocycles. The number of carbonyl (C=O) groups excluding carboxylic acids is 7. The van der Waals surface area contributed by atoms with Gasteiger partial charge in [0.15, 0.2) is 11.6 Å². The lowest BCUT2D eigenvalue weighted by atomic mass is 9.70. The predicted molar refractivity (Wildman–Crippen MR) is 220 cm³/mol. The molecule has 5 rings (SSSR count). The van der Waals surface area contributed by atoms with Crippen LogP contribution in [0.2, 0.25) is 0 Å². The van der Waals surface area contributed by atoms with E-state index in [2.05, 4.69) is 38.0 Å². The van der Waals surface area contributed by atoms with Gasteiger partial charge in [-0.15, -0.1) is 6.58 Å². The van der Waals surface area contributed by atoms with Crippen LogP contribution in [0.25, 0.3) is 0 Å². The molecule has 5 aliphatic rings. The standard InChI is InChI=1S/C46H72N4O7/c1-10-11-18-33(51)39(55)30(23-29-16-15-17-29)24-34(52)38-31-19-22-45(7,8)32(31)27-50(38)41(56)40(46(9)20-13-12-14-21-46)48-42(57)47-35(43(2,3)4)28-49-36(53)25-44(5,6)26-37(49)54/h10,29-32,35,38,40H,1,11-28H2,2-9H3,(H2,47,48,57)/t30?,31-,32-,35+,38-,40+/m0/s1. The summed E-state index contributed by atoms with van der Waals surface area (Å²) in [6.07, 6.45) is 12.1. The van der Waals surface area contributed by atoms with Crippen molar-refractivity contribution in [3.8, 4) is 0 Å². The smallest absolute Gasteiger partial charge is 0.315 e. The molecule has 6 atom stereocenters. The maximum Gasteiger partial charge on any atom is 0.315 e. The molecule has 2 aliphatic heterocycles. The molecule has 0 aromatic heterocycles. The fraction of sp³-hybridized carbons (Fsp3) is 0.804. The molecule has 1 unspecified atom stereocenters. The number of nitrogens with zero attached hydrogens (tertiary/aromatic N) is 2. The van der Waals surface area contributed by atoms with Crippen molar-refractivity contribution in [2.45, 2.75) is 176 Å². The van der Waals surface area contributed by atoms with Gasteiger partial charge in [-0.25, -0.2) is 4.79 Å². The molecule has 0 aromatic rings. The van der Waals surface area contributed by atoms with Crippen LogP contribution < -0.4 is 10.6 Å². The van der Waals surface area contributed by atoms with Crippen molar-refractivity contribution >= 4 is 41.1 Å². The van der Waals surface area contributed by atoms with Crippen LogP contribution in [0.15, 0.2) is 12.7 Å². The number of piperidine rings is 1. The molecule has 3 aliphatic carbocycles. The molecule has 11 heteroatoms. The number of amides is 5. The molecular weight excluding hydrogens is 721 g/mol. The van der Waals surface area contributed by atoms with Gasteiger partial charge in [0.2, 0.25) is 23.5 Å². The Morgan fingerprint density at radius 2 is 1.51 bits per heavy atom. The molecule has 5 fully saturated rings. The average Bonchev–Trinajstić information content (AvgIpc) is 3.63. The highest BCUT2D eigenvalue weighted by molar-refractivity contribution is 6.38. The van der Waals surface area contributed by atoms with Crippen molar-refractivity contribution < 1.29 is 33.6 Å². The second-order valence-electron chi connectivity index (χ2n) is 21.3. The second-order valence-corrected chi connectivity index (χ2v) is 21.3. The summed E-state index contributed by atoms with van der Waals surface area (Å²) in [4.78, 5) is 100. The Bertz CT molecular complexity index is 1560. The van der Waals surface area contributed by atoms with E-state index in [-0.39, 0.29) is 73.0 Å². The lowest BCUT2D eigenvalue weighted by Crippen LogP contribution is -2.63. The SMILES string of the molecule is C=CCCC(=O)C(=O)C(CC(=O)[C@@H]1[C@H]2CCC(C)(C)[C@H]2CN1C(=O)[C@@H](NC(=O)N[C@H](CN1C(=O)CC(C)(C)CC1=O)C(C)(C)C)C1(C)CCCCC1)CC1CCC1. The number of hydrogen-bond acceptors (Lipinski definition) is 7. The molecule has 0 radical (unpaired) electrons. The van der Waals surface area contributed by atoms with Gasteiger partial charge in [-0.1, -0.05) is 100.0 Å². The van der Waals surface area contributed by atoms with E-state index >= 15 is 4.79 Å². The first kappa shape index (κ1) is 44.7. The van der Waals surface area contributed by atoms with Crippen LogP contribution in [0, 0.1) is 45.3 Å². The van der Waals surface area contributed by atoms with Gasteiger partial charge in [-0.3, -0.25) is 33.7 Å². The number of fused-ring (bicyclic) bond motifs is 1. The fourth-order valence-electron chi connectivity index (χ4n) is 10.6. The number of likely N-dealkylation sites (tertiary alicyclic amines) is 2. The molecule has 2 N–H and O–H groups in total. The Labute approximate surface area is 341 Å². The Kier molecular flexibility index (Phi) is 13.7. The number of Topliss-reactive ketones (excluding diaryl/α,β-unsaturated/α-hetero) is 3. The zero-order chi connectivity index (χ0) is 42.1. The summed E-state index contributed by atoms with van der Waals surface area (Å²) >= 11 is 0. The summed E-state index contributed by atoms with van der Waals surface area (Å²) < 4.78 is 0. The van der Waals surface area contributed by atoms with Crippen LogP contribution in [0.5, 0.6) is 0 Å². The van der Waals surface area contributed by atoms with Crippen molar-refractivity contribution in [1.29, 1.82) is 0 Å². The Hall–Kier alpha value is -3.37. The zero-order valence-corrected chi connectivity index (χ0v) is 36.3. The molecule has 2 heterocycles. The van der Waals surface area contributed by atoms with Crippen molar-refractivity contribution in [3.63, 3.8) is 0 Å². The first-order chi connectivity index (χ1) is 26.6. The van der Waals surface area contributed by atoms with Gasteiger partial charge < -0.3 is 15.5 Å². The van der Waals surface area contributed by atoms with E-state index in [1.54, 1.807) is 11.0 Å². The van der Waals surface area contributed by atoms with E-state index in [0.29, 0.717) is 25.3 Å². The van der Waals surface area contributed by atoms with Crippen LogP contribution in [0.3, 0.4) is 0 Å². The summed E-state index contributed by atoms with van der Waals surface area (Å²) in [6.45, 7) is 20.2. The molecule has 318 valence electrons. The second kappa shape index (κ2) is 17.5. The Balaban J connectivity index is 1.42. The number of imide groups is 1. The molecular formula is C46H72N4O7. The van der Waals surface area contributed by atoms with Gasteiger partial charge in [0.25, 0.3) is 0 Å². The van der Waals surface area contributed by atoms with Gasteiger partial charge in [0.1, 0.15) is 6.04 Å². The molecule has 2 saturated heterocycles. The zero-order valence-electron chi connectivity index (χ0n) is 36.3. The molecule has 0 bridgehead atoms. The monoisotopic (exact) mass is 793 g/mol. The summed E-state index contributed by atoms with van der Waals surface area (Å²) in [7, 11) is 0. The van der Waals surface area contributed by atoms with Crippen molar-refractivity contribution in [1.82, 2.24) is 20.4 Å². The minimum Gasteiger partial charge on any atom is -0.333 e. The fourth-order valence-corrected chi connectivity index (χ4v) is 10.6. The first-order valence-electron chi connectivity index (χ1n) is 22.0. The van der Waals surface area contributed by atoms with Crippen LogP contribution in [0.4, 0.5) is 4.79 Å². The lowest BCUT2D eigenvalue weighted by Gasteiger charge is -2.43. The van der Waals surface area contributed by atoms with Gasteiger partial charge in [-0.2, -0.15) is 0 Å². The number of hydrogen-bond donors (Lipinski definition) is 2. The summed E-state index contributed by atoms with van der Waals surface area (Å²) in [5.74, 6) is -2.29. The number of ketones is 3. The quantitative estimate of drug-likeness (QED) is 0.0943. The largest absolute Gasteiger partial charge is 0.333 e. The molecule has 0 spiro atoms. The van der Waals surface area contributed by atoms with Gasteiger partial charge >= 0.3 is 6.03 Å². The van der Waals surface area contributed by atoms with E-state index in [1.807, 2.05) is 34.6 Å². The van der Waals surface area contributed by atoms with Crippen molar-refractivity contribution in [2.75, 3.05) is 13.1 Å². The molecule has 5 amide bonds. The van der Waals surface area contributed by atoms with Crippen LogP contribution in [0.1, 0.15) is 158 Å². The number of carbonyl (C=O) groups is 7. The lowest BCUT2D eigenvalue weighted by molar-refractivity contribution is -0.153. The minimum absolute atomic E-state index is 0.0263. The topological polar surface area (TPSA) is 150 Å². The van der Waals surface area contributed by atoms with E-state index in [1.165, 1.54) is 4.90 Å². The van der Waals surface area contributed by atoms with E-state index in [9.17, 15) is 28.8 Å². The van der Waals surface area contributed by atoms with Crippen LogP contribution in [-0.2, 0) is 28.8 Å². The maximum absolute atomic E-state index is 15.3. The van der Waals surface area contributed by atoms with Gasteiger partial charge in [-0.05, 0) is 77.9 Å². The van der Waals surface area contributed by atoms with Gasteiger partial charge in [0.05, 0.1) is 12.1 Å². The summed E-state index contributed by atoms with van der Waals surface area (Å²) in [6, 6.07) is -2.82. The normalized spacial score (nSPS) is 27.1. The Morgan fingerprint density at radius 3 is 2.07 bits per heavy atom. The average molecular weight is 793 g/mol. The number of urea groups is 1. The third kappa shape index (κ3) is 10.3. The van der Waals surface area contributed by atoms with Crippen molar-refractivity contribution in [2.24, 2.45) is 45.3 Å². The third-order valence-electron chi connectivity index (χ3n) is 14.7. The molecule has 3 saturated carbocycles. The number of nitrogens with one attached hydrogen (secondary N) is 2. The molecule has 57 heavy (non-hydrogen) atoms. The van der Waals surface area contributed by atoms with Crippen LogP contribution in [-0.4, -0.2) is 82.1 Å². The highest BCUT2D eigenvalue weighted by Gasteiger charge is 2.58. The first-order valence-corrected chi connectivity index (χ1v) is 22.0. The summed E-state index contributed by atoms with van der Waals surface area (Å²) in [5.41, 5.74) is -1.63. The number of rotatable bonds is 16.